The highest BCUT2D eigenvalue weighted by Crippen LogP contribution is 2.33. The standard InChI is InChI=1S/C24H42O20/c25-2-7-12(30)14(32)17(35)22(39-7)43-20-6(29)1-11(38-9(20)4-27)42-21-10(5-28)41-24(19(37)16(21)34)44-23-18(36)15(33)13(31)8(3-26)40-23/h6-37H,1-5H2/t6-,7-,8-,9-,10-,11+,12-,13-,14+,15+,16-,17-,18-,19-,20+,21-,22-,23-,24-/m1/s1. The van der Waals surface area contributed by atoms with Gasteiger partial charge in [-0.1, -0.05) is 0 Å². The van der Waals surface area contributed by atoms with Crippen LogP contribution in [-0.2, 0) is 33.2 Å². The summed E-state index contributed by atoms with van der Waals surface area (Å²) in [4.78, 5) is 0. The van der Waals surface area contributed by atoms with Crippen LogP contribution in [0.4, 0.5) is 0 Å². The minimum Gasteiger partial charge on any atom is -0.394 e. The van der Waals surface area contributed by atoms with Crippen LogP contribution in [0.3, 0.4) is 0 Å². The highest BCUT2D eigenvalue weighted by Gasteiger charge is 2.53. The van der Waals surface area contributed by atoms with Crippen molar-refractivity contribution >= 4 is 0 Å². The van der Waals surface area contributed by atoms with Gasteiger partial charge in [-0.2, -0.15) is 0 Å². The molecule has 4 saturated heterocycles. The van der Waals surface area contributed by atoms with E-state index in [0.29, 0.717) is 0 Å². The maximum Gasteiger partial charge on any atom is 0.189 e. The Morgan fingerprint density at radius 3 is 1.30 bits per heavy atom. The Balaban J connectivity index is 1.38. The maximum absolute atomic E-state index is 10.8. The van der Waals surface area contributed by atoms with Gasteiger partial charge < -0.3 is 99.5 Å². The van der Waals surface area contributed by atoms with Crippen molar-refractivity contribution in [3.63, 3.8) is 0 Å². The zero-order valence-corrected chi connectivity index (χ0v) is 23.2. The van der Waals surface area contributed by atoms with Gasteiger partial charge in [0.2, 0.25) is 0 Å². The van der Waals surface area contributed by atoms with Crippen molar-refractivity contribution in [2.24, 2.45) is 0 Å². The topological polar surface area (TPSA) is 328 Å². The summed E-state index contributed by atoms with van der Waals surface area (Å²) >= 11 is 0. The van der Waals surface area contributed by atoms with Gasteiger partial charge in [0.15, 0.2) is 25.2 Å². The third-order valence-corrected chi connectivity index (χ3v) is 8.07. The average molecular weight is 651 g/mol. The van der Waals surface area contributed by atoms with Crippen LogP contribution in [0.15, 0.2) is 0 Å². The lowest BCUT2D eigenvalue weighted by Gasteiger charge is -2.47. The lowest BCUT2D eigenvalue weighted by atomic mass is 9.97. The van der Waals surface area contributed by atoms with Crippen molar-refractivity contribution in [1.82, 2.24) is 0 Å². The number of aliphatic hydroxyl groups excluding tert-OH is 13. The van der Waals surface area contributed by atoms with Gasteiger partial charge in [0.1, 0.15) is 85.5 Å². The van der Waals surface area contributed by atoms with Crippen LogP contribution in [0, 0.1) is 0 Å². The molecule has 0 bridgehead atoms. The lowest BCUT2D eigenvalue weighted by Crippen LogP contribution is -2.65. The Morgan fingerprint density at radius 2 is 0.818 bits per heavy atom. The van der Waals surface area contributed by atoms with Gasteiger partial charge in [0, 0.05) is 6.42 Å². The van der Waals surface area contributed by atoms with Crippen LogP contribution < -0.4 is 0 Å². The largest absolute Gasteiger partial charge is 0.394 e. The number of hydrogen-bond donors (Lipinski definition) is 13. The zero-order chi connectivity index (χ0) is 32.5. The highest BCUT2D eigenvalue weighted by atomic mass is 16.8. The highest BCUT2D eigenvalue weighted by molar-refractivity contribution is 4.95. The Bertz CT molecular complexity index is 881. The van der Waals surface area contributed by atoms with Crippen LogP contribution in [0.25, 0.3) is 0 Å². The molecule has 4 rings (SSSR count). The molecule has 44 heavy (non-hydrogen) atoms. The first kappa shape index (κ1) is 36.0. The number of ether oxygens (including phenoxy) is 7. The van der Waals surface area contributed by atoms with E-state index in [4.69, 9.17) is 33.2 Å². The molecule has 258 valence electrons. The molecule has 0 aromatic heterocycles. The molecular weight excluding hydrogens is 608 g/mol. The predicted molar refractivity (Wildman–Crippen MR) is 132 cm³/mol. The van der Waals surface area contributed by atoms with Crippen LogP contribution in [0.1, 0.15) is 6.42 Å². The van der Waals surface area contributed by atoms with E-state index < -0.39 is 143 Å². The van der Waals surface area contributed by atoms with Gasteiger partial charge in [0.25, 0.3) is 0 Å². The van der Waals surface area contributed by atoms with Gasteiger partial charge in [-0.25, -0.2) is 0 Å². The van der Waals surface area contributed by atoms with Crippen molar-refractivity contribution in [1.29, 1.82) is 0 Å². The third-order valence-electron chi connectivity index (χ3n) is 8.07. The summed E-state index contributed by atoms with van der Waals surface area (Å²) in [5.74, 6) is 0. The second kappa shape index (κ2) is 15.4. The molecule has 19 atom stereocenters. The van der Waals surface area contributed by atoms with Gasteiger partial charge in [-0.05, 0) is 0 Å². The summed E-state index contributed by atoms with van der Waals surface area (Å²) in [6, 6.07) is 0. The Hall–Kier alpha value is -0.800. The quantitative estimate of drug-likeness (QED) is 0.104. The van der Waals surface area contributed by atoms with E-state index in [9.17, 15) is 66.4 Å². The zero-order valence-electron chi connectivity index (χ0n) is 23.2. The molecule has 0 spiro atoms. The Kier molecular flexibility index (Phi) is 12.6. The van der Waals surface area contributed by atoms with Crippen molar-refractivity contribution in [2.45, 2.75) is 123 Å². The van der Waals surface area contributed by atoms with Gasteiger partial charge in [0.05, 0.1) is 32.5 Å². The molecule has 20 nitrogen and oxygen atoms in total. The van der Waals surface area contributed by atoms with E-state index in [-0.39, 0.29) is 6.42 Å². The first-order valence-electron chi connectivity index (χ1n) is 14.0. The molecule has 0 aromatic rings. The first-order chi connectivity index (χ1) is 20.9. The molecule has 0 aromatic carbocycles. The fraction of sp³-hybridized carbons (Fsp3) is 1.00. The number of hydrogen-bond acceptors (Lipinski definition) is 20. The molecule has 4 fully saturated rings. The van der Waals surface area contributed by atoms with Crippen molar-refractivity contribution < 1.29 is 99.5 Å². The second-order valence-electron chi connectivity index (χ2n) is 11.0. The Morgan fingerprint density at radius 1 is 0.409 bits per heavy atom. The van der Waals surface area contributed by atoms with E-state index in [0.717, 1.165) is 0 Å². The van der Waals surface area contributed by atoms with E-state index >= 15 is 0 Å². The molecule has 0 aliphatic carbocycles. The number of rotatable bonds is 10. The van der Waals surface area contributed by atoms with Crippen LogP contribution in [0.5, 0.6) is 0 Å². The molecule has 0 amide bonds. The summed E-state index contributed by atoms with van der Waals surface area (Å²) in [5.41, 5.74) is 0. The molecule has 4 aliphatic heterocycles. The number of aliphatic hydroxyl groups is 13. The summed E-state index contributed by atoms with van der Waals surface area (Å²) in [6.07, 6.45) is -31.1. The predicted octanol–water partition coefficient (Wildman–Crippen LogP) is -8.72. The normalized spacial score (nSPS) is 52.2. The summed E-state index contributed by atoms with van der Waals surface area (Å²) in [6.45, 7) is -3.08. The maximum atomic E-state index is 10.8. The summed E-state index contributed by atoms with van der Waals surface area (Å²) in [7, 11) is 0. The van der Waals surface area contributed by atoms with E-state index in [1.165, 1.54) is 0 Å². The minimum absolute atomic E-state index is 0.388. The molecule has 13 N–H and O–H groups in total. The molecule has 0 radical (unpaired) electrons. The monoisotopic (exact) mass is 650 g/mol. The van der Waals surface area contributed by atoms with Gasteiger partial charge >= 0.3 is 0 Å². The van der Waals surface area contributed by atoms with Crippen LogP contribution in [-0.4, -0.2) is 210 Å². The third kappa shape index (κ3) is 7.35. The smallest absolute Gasteiger partial charge is 0.189 e. The van der Waals surface area contributed by atoms with Crippen molar-refractivity contribution in [2.75, 3.05) is 26.4 Å². The molecule has 4 heterocycles. The van der Waals surface area contributed by atoms with E-state index in [2.05, 4.69) is 0 Å². The summed E-state index contributed by atoms with van der Waals surface area (Å²) in [5, 5.41) is 131. The lowest BCUT2D eigenvalue weighted by molar-refractivity contribution is -0.390. The summed E-state index contributed by atoms with van der Waals surface area (Å²) < 4.78 is 38.3. The second-order valence-corrected chi connectivity index (χ2v) is 11.0. The SMILES string of the molecule is OC[C@H]1O[C@H](O[C@H]2O[C@H](CO)[C@@H](O[C@H]3C[C@@H](O)[C@H](O[C@H]4O[C@H](CO)[C@@H](O)[C@H](O)[C@H]4O)[C@@H](CO)O3)[C@H](O)[C@H]2O)[C@H](O)[C@@H](O)[C@@H]1O. The fourth-order valence-electron chi connectivity index (χ4n) is 5.47. The fourth-order valence-corrected chi connectivity index (χ4v) is 5.47. The van der Waals surface area contributed by atoms with Gasteiger partial charge in [-0.15, -0.1) is 0 Å². The molecular formula is C24H42O20. The Labute approximate surface area is 249 Å². The molecule has 0 saturated carbocycles. The van der Waals surface area contributed by atoms with Gasteiger partial charge in [-0.3, -0.25) is 0 Å². The van der Waals surface area contributed by atoms with E-state index in [1.807, 2.05) is 0 Å². The molecule has 0 unspecified atom stereocenters. The van der Waals surface area contributed by atoms with Crippen LogP contribution >= 0.6 is 0 Å². The first-order valence-corrected chi connectivity index (χ1v) is 14.0. The average Bonchev–Trinajstić information content (AvgIpc) is 3.01. The van der Waals surface area contributed by atoms with Crippen LogP contribution in [0.2, 0.25) is 0 Å². The molecule has 20 heteroatoms. The molecule has 4 aliphatic rings. The van der Waals surface area contributed by atoms with E-state index in [1.54, 1.807) is 0 Å². The van der Waals surface area contributed by atoms with Crippen molar-refractivity contribution in [3.8, 4) is 0 Å². The van der Waals surface area contributed by atoms with Crippen molar-refractivity contribution in [3.05, 3.63) is 0 Å². The minimum atomic E-state index is -1.92.